The molecule has 0 aliphatic heterocycles. The second kappa shape index (κ2) is 23.1. The van der Waals surface area contributed by atoms with E-state index in [4.69, 9.17) is 9.16 Å². The van der Waals surface area contributed by atoms with Gasteiger partial charge >= 0.3 is 0 Å². The van der Waals surface area contributed by atoms with Crippen LogP contribution < -0.4 is 0 Å². The highest BCUT2D eigenvalue weighted by Crippen LogP contribution is 2.13. The van der Waals surface area contributed by atoms with Crippen LogP contribution >= 0.6 is 0 Å². The van der Waals surface area contributed by atoms with E-state index in [1.807, 2.05) is 0 Å². The van der Waals surface area contributed by atoms with E-state index in [1.54, 1.807) is 0 Å². The van der Waals surface area contributed by atoms with Crippen molar-refractivity contribution >= 4 is 10.5 Å². The third-order valence-corrected chi connectivity index (χ3v) is 4.93. The largest absolute Gasteiger partial charge is 0.416 e. The highest BCUT2D eigenvalue weighted by Gasteiger charge is 1.95. The Labute approximate surface area is 156 Å². The zero-order valence-corrected chi connectivity index (χ0v) is 17.5. The van der Waals surface area contributed by atoms with Crippen molar-refractivity contribution < 1.29 is 9.16 Å². The summed E-state index contributed by atoms with van der Waals surface area (Å²) < 4.78 is 10.2. The third kappa shape index (κ3) is 22.1. The molecule has 0 aromatic carbocycles. The summed E-state index contributed by atoms with van der Waals surface area (Å²) in [7, 11) is 2.97. The number of hydrogen-bond donors (Lipinski definition) is 0. The maximum Gasteiger partial charge on any atom is 0.246 e. The summed E-state index contributed by atoms with van der Waals surface area (Å²) in [6.45, 7) is 4.51. The molecule has 0 saturated carbocycles. The first-order valence-electron chi connectivity index (χ1n) is 10.8. The number of unbranched alkanes of at least 4 members (excludes halogenated alkanes) is 16. The van der Waals surface area contributed by atoms with E-state index in [0.717, 1.165) is 6.61 Å². The van der Waals surface area contributed by atoms with Gasteiger partial charge in [0.25, 0.3) is 0 Å². The monoisotopic (exact) mass is 355 g/mol. The van der Waals surface area contributed by atoms with E-state index >= 15 is 0 Å². The van der Waals surface area contributed by atoms with Gasteiger partial charge in [0.05, 0.1) is 13.2 Å². The lowest BCUT2D eigenvalue weighted by atomic mass is 10.0. The average Bonchev–Trinajstić information content (AvgIpc) is 2.60. The van der Waals surface area contributed by atoms with Crippen molar-refractivity contribution in [2.24, 2.45) is 0 Å². The molecule has 0 aliphatic rings. The molecular weight excluding hydrogens is 312 g/mol. The van der Waals surface area contributed by atoms with Gasteiger partial charge in [0.1, 0.15) is 0 Å². The third-order valence-electron chi connectivity index (χ3n) is 4.72. The van der Waals surface area contributed by atoms with Gasteiger partial charge in [-0.1, -0.05) is 110 Å². The summed E-state index contributed by atoms with van der Waals surface area (Å²) in [5, 5.41) is 0. The van der Waals surface area contributed by atoms with Gasteiger partial charge in [0, 0.05) is 6.61 Å². The van der Waals surface area contributed by atoms with Crippen LogP contribution in [-0.2, 0) is 9.16 Å². The van der Waals surface area contributed by atoms with Gasteiger partial charge in [-0.3, -0.25) is 0 Å². The topological polar surface area (TPSA) is 18.5 Å². The molecule has 0 N–H and O–H groups in total. The van der Waals surface area contributed by atoms with Crippen molar-refractivity contribution in [3.63, 3.8) is 0 Å². The highest BCUT2D eigenvalue weighted by atomic mass is 28.2. The van der Waals surface area contributed by atoms with E-state index in [-0.39, 0.29) is 0 Å². The molecule has 0 unspecified atom stereocenters. The van der Waals surface area contributed by atoms with Gasteiger partial charge in [-0.05, 0) is 6.42 Å². The van der Waals surface area contributed by atoms with E-state index < -0.39 is 0 Å². The minimum atomic E-state index is 0.635. The summed E-state index contributed by atoms with van der Waals surface area (Å²) in [6, 6.07) is 0. The fourth-order valence-corrected chi connectivity index (χ4v) is 3.21. The minimum absolute atomic E-state index is 0.635. The zero-order chi connectivity index (χ0) is 17.6. The second-order valence-electron chi connectivity index (χ2n) is 7.12. The summed E-state index contributed by atoms with van der Waals surface area (Å²) in [5.41, 5.74) is 0. The van der Waals surface area contributed by atoms with Crippen molar-refractivity contribution in [3.8, 4) is 0 Å². The van der Waals surface area contributed by atoms with Crippen LogP contribution in [0.4, 0.5) is 0 Å². The quantitative estimate of drug-likeness (QED) is 0.167. The molecule has 143 valence electrons. The Morgan fingerprint density at radius 1 is 0.458 bits per heavy atom. The van der Waals surface area contributed by atoms with Gasteiger partial charge in [-0.15, -0.1) is 0 Å². The molecule has 0 atom stereocenters. The highest BCUT2D eigenvalue weighted by molar-refractivity contribution is 5.97. The molecule has 24 heavy (non-hydrogen) atoms. The summed E-state index contributed by atoms with van der Waals surface area (Å²) in [4.78, 5) is 0. The van der Waals surface area contributed by atoms with Crippen LogP contribution in [0.2, 0.25) is 0 Å². The fourth-order valence-electron chi connectivity index (χ4n) is 3.13. The molecule has 0 bridgehead atoms. The summed E-state index contributed by atoms with van der Waals surface area (Å²) in [5.74, 6) is 0. The van der Waals surface area contributed by atoms with Gasteiger partial charge in [0.2, 0.25) is 10.5 Å². The summed E-state index contributed by atoms with van der Waals surface area (Å²) in [6.07, 6.45) is 24.1. The van der Waals surface area contributed by atoms with Gasteiger partial charge in [-0.2, -0.15) is 0 Å². The fraction of sp³-hybridized carbons (Fsp3) is 1.00. The first-order valence-corrected chi connectivity index (χ1v) is 11.2. The minimum Gasteiger partial charge on any atom is -0.416 e. The molecule has 0 aromatic rings. The Kier molecular flexibility index (Phi) is 23.3. The van der Waals surface area contributed by atoms with Crippen molar-refractivity contribution in [3.05, 3.63) is 0 Å². The predicted molar refractivity (Wildman–Crippen MR) is 107 cm³/mol. The Balaban J connectivity index is 2.93. The molecular formula is C21H43O2Si. The molecule has 3 heteroatoms. The Morgan fingerprint density at radius 2 is 0.833 bits per heavy atom. The molecule has 2 nitrogen and oxygen atoms in total. The molecule has 0 aromatic heterocycles. The van der Waals surface area contributed by atoms with Crippen LogP contribution in [-0.4, -0.2) is 30.3 Å². The van der Waals surface area contributed by atoms with Gasteiger partial charge in [0.15, 0.2) is 0 Å². The lowest BCUT2D eigenvalue weighted by Gasteiger charge is -2.04. The Bertz CT molecular complexity index is 190. The van der Waals surface area contributed by atoms with Gasteiger partial charge in [-0.25, -0.2) is 0 Å². The molecule has 0 aliphatic carbocycles. The van der Waals surface area contributed by atoms with Crippen LogP contribution in [0.5, 0.6) is 0 Å². The normalized spacial score (nSPS) is 11.2. The first-order chi connectivity index (χ1) is 11.9. The number of rotatable bonds is 21. The molecule has 3 radical (unpaired) electrons. The zero-order valence-electron chi connectivity index (χ0n) is 16.5. The number of ether oxygens (including phenoxy) is 1. The second-order valence-corrected chi connectivity index (χ2v) is 7.41. The van der Waals surface area contributed by atoms with Crippen LogP contribution in [0.3, 0.4) is 0 Å². The van der Waals surface area contributed by atoms with E-state index in [9.17, 15) is 0 Å². The lowest BCUT2D eigenvalue weighted by molar-refractivity contribution is 0.100. The molecule has 0 spiro atoms. The SMILES string of the molecule is CCCCCCCCCCCCCCCCCCCOCCO[Si]. The molecule has 0 heterocycles. The average molecular weight is 356 g/mol. The Morgan fingerprint density at radius 3 is 1.21 bits per heavy atom. The standard InChI is InChI=1S/C21H43O2Si/c1-2-3-4-5-6-7-8-9-10-11-12-13-14-15-16-17-18-19-22-20-21-23-24/h2-21H2,1H3. The molecule has 0 amide bonds. The molecule has 0 saturated heterocycles. The van der Waals surface area contributed by atoms with Crippen LogP contribution in [0.1, 0.15) is 116 Å². The van der Waals surface area contributed by atoms with Gasteiger partial charge < -0.3 is 9.16 Å². The maximum absolute atomic E-state index is 5.44. The van der Waals surface area contributed by atoms with Crippen molar-refractivity contribution in [1.29, 1.82) is 0 Å². The summed E-state index contributed by atoms with van der Waals surface area (Å²) >= 11 is 0. The van der Waals surface area contributed by atoms with Crippen LogP contribution in [0.25, 0.3) is 0 Å². The van der Waals surface area contributed by atoms with E-state index in [0.29, 0.717) is 13.2 Å². The van der Waals surface area contributed by atoms with E-state index in [1.165, 1.54) is 109 Å². The van der Waals surface area contributed by atoms with Crippen molar-refractivity contribution in [2.75, 3.05) is 19.8 Å². The predicted octanol–water partition coefficient (Wildman–Crippen LogP) is 6.75. The van der Waals surface area contributed by atoms with Crippen LogP contribution in [0, 0.1) is 0 Å². The Hall–Kier alpha value is 0.137. The smallest absolute Gasteiger partial charge is 0.246 e. The van der Waals surface area contributed by atoms with Crippen molar-refractivity contribution in [1.82, 2.24) is 0 Å². The van der Waals surface area contributed by atoms with E-state index in [2.05, 4.69) is 17.4 Å². The van der Waals surface area contributed by atoms with Crippen molar-refractivity contribution in [2.45, 2.75) is 116 Å². The molecule has 0 rings (SSSR count). The first kappa shape index (κ1) is 24.1. The number of hydrogen-bond acceptors (Lipinski definition) is 2. The van der Waals surface area contributed by atoms with Crippen LogP contribution in [0.15, 0.2) is 0 Å². The lowest BCUT2D eigenvalue weighted by Crippen LogP contribution is -2.03. The maximum atomic E-state index is 5.44. The molecule has 0 fully saturated rings.